The number of hydrogen-bond donors (Lipinski definition) is 2. The van der Waals surface area contributed by atoms with E-state index < -0.39 is 24.0 Å². The second kappa shape index (κ2) is 8.38. The van der Waals surface area contributed by atoms with Gasteiger partial charge in [0.2, 0.25) is 11.8 Å². The summed E-state index contributed by atoms with van der Waals surface area (Å²) in [6.07, 6.45) is -0.667. The summed E-state index contributed by atoms with van der Waals surface area (Å²) in [7, 11) is 0. The van der Waals surface area contributed by atoms with E-state index in [1.807, 2.05) is 0 Å². The van der Waals surface area contributed by atoms with Crippen LogP contribution >= 0.6 is 12.4 Å². The van der Waals surface area contributed by atoms with Crippen LogP contribution in [0.15, 0.2) is 0 Å². The quantitative estimate of drug-likeness (QED) is 0.798. The number of alkyl halides is 3. The summed E-state index contributed by atoms with van der Waals surface area (Å²) >= 11 is 0. The number of hydrogen-bond acceptors (Lipinski definition) is 3. The Morgan fingerprint density at radius 2 is 1.67 bits per heavy atom. The number of halogens is 4. The minimum Gasteiger partial charge on any atom is -0.352 e. The summed E-state index contributed by atoms with van der Waals surface area (Å²) < 4.78 is 36.7. The Labute approximate surface area is 145 Å². The zero-order chi connectivity index (χ0) is 17.1. The van der Waals surface area contributed by atoms with Crippen LogP contribution in [-0.2, 0) is 9.59 Å². The maximum atomic E-state index is 12.3. The monoisotopic (exact) mass is 371 g/mol. The molecule has 1 aliphatic carbocycles. The molecule has 0 aromatic heterocycles. The third-order valence-corrected chi connectivity index (χ3v) is 4.73. The van der Waals surface area contributed by atoms with Crippen LogP contribution in [0.3, 0.4) is 0 Å². The van der Waals surface area contributed by atoms with E-state index in [0.717, 1.165) is 19.3 Å². The van der Waals surface area contributed by atoms with Crippen LogP contribution < -0.4 is 11.1 Å². The van der Waals surface area contributed by atoms with Crippen molar-refractivity contribution in [3.63, 3.8) is 0 Å². The van der Waals surface area contributed by atoms with Crippen LogP contribution in [-0.4, -0.2) is 47.6 Å². The lowest BCUT2D eigenvalue weighted by Gasteiger charge is -2.36. The highest BCUT2D eigenvalue weighted by atomic mass is 35.5. The molecule has 24 heavy (non-hydrogen) atoms. The highest BCUT2D eigenvalue weighted by molar-refractivity contribution is 5.86. The summed E-state index contributed by atoms with van der Waals surface area (Å²) in [6.45, 7) is 0.467. The molecule has 0 unspecified atom stereocenters. The fourth-order valence-corrected chi connectivity index (χ4v) is 3.30. The minimum absolute atomic E-state index is 0. The average molecular weight is 372 g/mol. The first-order chi connectivity index (χ1) is 10.7. The zero-order valence-corrected chi connectivity index (χ0v) is 14.3. The Balaban J connectivity index is 0.00000288. The number of nitrogens with one attached hydrogen (secondary N) is 1. The van der Waals surface area contributed by atoms with Gasteiger partial charge in [-0.05, 0) is 25.7 Å². The third kappa shape index (κ3) is 5.81. The Bertz CT molecular complexity index is 446. The number of amides is 2. The maximum Gasteiger partial charge on any atom is 0.397 e. The third-order valence-electron chi connectivity index (χ3n) is 4.73. The summed E-state index contributed by atoms with van der Waals surface area (Å²) in [4.78, 5) is 25.1. The lowest BCUT2D eigenvalue weighted by Crippen LogP contribution is -2.58. The van der Waals surface area contributed by atoms with Gasteiger partial charge in [0.1, 0.15) is 6.42 Å². The van der Waals surface area contributed by atoms with Crippen molar-refractivity contribution in [3.8, 4) is 0 Å². The Kier molecular flexibility index (Phi) is 7.34. The SMILES string of the molecule is Cl.NC1(C(=O)NC2CCN(C(=O)CC(F)(F)F)CC2)CCCCC1. The van der Waals surface area contributed by atoms with E-state index in [-0.39, 0.29) is 37.4 Å². The van der Waals surface area contributed by atoms with Crippen molar-refractivity contribution >= 4 is 24.2 Å². The van der Waals surface area contributed by atoms with Crippen molar-refractivity contribution in [2.24, 2.45) is 5.73 Å². The van der Waals surface area contributed by atoms with Crippen molar-refractivity contribution in [3.05, 3.63) is 0 Å². The molecule has 0 aromatic rings. The summed E-state index contributed by atoms with van der Waals surface area (Å²) in [5, 5.41) is 2.91. The van der Waals surface area contributed by atoms with Gasteiger partial charge in [-0.25, -0.2) is 0 Å². The number of rotatable bonds is 3. The number of carbonyl (C=O) groups excluding carboxylic acids is 2. The molecule has 0 radical (unpaired) electrons. The highest BCUT2D eigenvalue weighted by Gasteiger charge is 2.38. The maximum absolute atomic E-state index is 12.3. The topological polar surface area (TPSA) is 75.4 Å². The van der Waals surface area contributed by atoms with E-state index in [4.69, 9.17) is 5.73 Å². The number of nitrogens with zero attached hydrogens (tertiary/aromatic N) is 1. The molecular weight excluding hydrogens is 347 g/mol. The van der Waals surface area contributed by atoms with Crippen LogP contribution in [0.25, 0.3) is 0 Å². The molecule has 1 heterocycles. The standard InChI is InChI=1S/C15H24F3N3O2.ClH/c16-15(17,18)10-12(22)21-8-4-11(5-9-21)20-13(23)14(19)6-2-1-3-7-14;/h11H,1-10,19H2,(H,20,23);1H. The normalized spacial score (nSPS) is 21.8. The minimum atomic E-state index is -4.48. The summed E-state index contributed by atoms with van der Waals surface area (Å²) in [6, 6.07) is -0.125. The molecule has 1 saturated heterocycles. The number of piperidine rings is 1. The molecule has 0 aromatic carbocycles. The molecule has 140 valence electrons. The molecule has 2 rings (SSSR count). The highest BCUT2D eigenvalue weighted by Crippen LogP contribution is 2.27. The molecule has 1 saturated carbocycles. The predicted octanol–water partition coefficient (Wildman–Crippen LogP) is 2.13. The van der Waals surface area contributed by atoms with Crippen molar-refractivity contribution in [2.45, 2.75) is 69.1 Å². The number of nitrogens with two attached hydrogens (primary N) is 1. The van der Waals surface area contributed by atoms with Crippen molar-refractivity contribution < 1.29 is 22.8 Å². The first kappa shape index (κ1) is 21.0. The second-order valence-electron chi connectivity index (χ2n) is 6.64. The van der Waals surface area contributed by atoms with E-state index >= 15 is 0 Å². The second-order valence-corrected chi connectivity index (χ2v) is 6.64. The van der Waals surface area contributed by atoms with E-state index in [0.29, 0.717) is 25.7 Å². The molecule has 5 nitrogen and oxygen atoms in total. The largest absolute Gasteiger partial charge is 0.397 e. The summed E-state index contributed by atoms with van der Waals surface area (Å²) in [5.74, 6) is -1.07. The van der Waals surface area contributed by atoms with E-state index in [9.17, 15) is 22.8 Å². The van der Waals surface area contributed by atoms with Crippen LogP contribution in [0.1, 0.15) is 51.4 Å². The molecule has 9 heteroatoms. The lowest BCUT2D eigenvalue weighted by molar-refractivity contribution is -0.162. The first-order valence-electron chi connectivity index (χ1n) is 8.14. The smallest absolute Gasteiger partial charge is 0.352 e. The molecule has 2 fully saturated rings. The van der Waals surface area contributed by atoms with Gasteiger partial charge in [0.25, 0.3) is 0 Å². The van der Waals surface area contributed by atoms with Gasteiger partial charge in [0.15, 0.2) is 0 Å². The van der Waals surface area contributed by atoms with E-state index in [1.54, 1.807) is 0 Å². The van der Waals surface area contributed by atoms with Crippen LogP contribution in [0.4, 0.5) is 13.2 Å². The molecule has 0 spiro atoms. The molecular formula is C15H25ClF3N3O2. The number of carbonyl (C=O) groups is 2. The van der Waals surface area contributed by atoms with Gasteiger partial charge in [-0.3, -0.25) is 9.59 Å². The van der Waals surface area contributed by atoms with Crippen LogP contribution in [0, 0.1) is 0 Å². The molecule has 2 aliphatic rings. The first-order valence-corrected chi connectivity index (χ1v) is 8.14. The van der Waals surface area contributed by atoms with Gasteiger partial charge >= 0.3 is 6.18 Å². The van der Waals surface area contributed by atoms with Crippen molar-refractivity contribution in [2.75, 3.05) is 13.1 Å². The van der Waals surface area contributed by atoms with Crippen molar-refractivity contribution in [1.29, 1.82) is 0 Å². The Hall–Kier alpha value is -1.02. The van der Waals surface area contributed by atoms with Gasteiger partial charge in [-0.2, -0.15) is 13.2 Å². The predicted molar refractivity (Wildman–Crippen MR) is 85.7 cm³/mol. The molecule has 0 atom stereocenters. The molecule has 2 amide bonds. The Morgan fingerprint density at radius 3 is 2.17 bits per heavy atom. The van der Waals surface area contributed by atoms with Gasteiger partial charge in [-0.15, -0.1) is 12.4 Å². The van der Waals surface area contributed by atoms with Crippen LogP contribution in [0.2, 0.25) is 0 Å². The van der Waals surface area contributed by atoms with Gasteiger partial charge in [0, 0.05) is 19.1 Å². The van der Waals surface area contributed by atoms with E-state index in [1.165, 1.54) is 4.90 Å². The Morgan fingerprint density at radius 1 is 1.12 bits per heavy atom. The average Bonchev–Trinajstić information content (AvgIpc) is 2.47. The zero-order valence-electron chi connectivity index (χ0n) is 13.5. The molecule has 3 N–H and O–H groups in total. The van der Waals surface area contributed by atoms with Gasteiger partial charge < -0.3 is 16.0 Å². The summed E-state index contributed by atoms with van der Waals surface area (Å²) in [5.41, 5.74) is 5.35. The fourth-order valence-electron chi connectivity index (χ4n) is 3.30. The molecule has 1 aliphatic heterocycles. The van der Waals surface area contributed by atoms with Gasteiger partial charge in [-0.1, -0.05) is 19.3 Å². The van der Waals surface area contributed by atoms with E-state index in [2.05, 4.69) is 5.32 Å². The van der Waals surface area contributed by atoms with Crippen LogP contribution in [0.5, 0.6) is 0 Å². The molecule has 0 bridgehead atoms. The van der Waals surface area contributed by atoms with Crippen molar-refractivity contribution in [1.82, 2.24) is 10.2 Å². The lowest BCUT2D eigenvalue weighted by atomic mass is 9.81. The fraction of sp³-hybridized carbons (Fsp3) is 0.867. The van der Waals surface area contributed by atoms with Gasteiger partial charge in [0.05, 0.1) is 5.54 Å². The number of likely N-dealkylation sites (tertiary alicyclic amines) is 1.